The van der Waals surface area contributed by atoms with Crippen LogP contribution in [0.2, 0.25) is 0 Å². The number of benzene rings is 1. The monoisotopic (exact) mass is 167 g/mol. The van der Waals surface area contributed by atoms with Gasteiger partial charge in [0, 0.05) is 0 Å². The number of para-hydroxylation sites is 2. The minimum Gasteiger partial charge on any atom is -0.489 e. The fraction of sp³-hybridized carbons (Fsp3) is 0.333. The summed E-state index contributed by atoms with van der Waals surface area (Å²) in [5.41, 5.74) is 0.881. The maximum Gasteiger partial charge on any atom is 0.142 e. The quantitative estimate of drug-likeness (QED) is 0.689. The highest BCUT2D eigenvalue weighted by Crippen LogP contribution is 2.27. The van der Waals surface area contributed by atoms with Crippen LogP contribution in [-0.4, -0.2) is 19.3 Å². The predicted octanol–water partition coefficient (Wildman–Crippen LogP) is 1.83. The number of halogens is 1. The lowest BCUT2D eigenvalue weighted by molar-refractivity contribution is 0.259. The molecular weight excluding hydrogens is 157 g/mol. The lowest BCUT2D eigenvalue weighted by atomic mass is 10.2. The summed E-state index contributed by atoms with van der Waals surface area (Å²) in [6.45, 7) is 0.0157. The van der Waals surface area contributed by atoms with E-state index < -0.39 is 6.67 Å². The van der Waals surface area contributed by atoms with E-state index in [1.807, 2.05) is 24.3 Å². The van der Waals surface area contributed by atoms with Gasteiger partial charge in [-0.2, -0.15) is 0 Å². The van der Waals surface area contributed by atoms with Crippen molar-refractivity contribution in [3.63, 3.8) is 0 Å². The van der Waals surface area contributed by atoms with Crippen LogP contribution in [-0.2, 0) is 0 Å². The average molecular weight is 167 g/mol. The second-order valence-electron chi connectivity index (χ2n) is 2.80. The number of anilines is 1. The van der Waals surface area contributed by atoms with Crippen LogP contribution in [0.15, 0.2) is 24.3 Å². The Morgan fingerprint density at radius 1 is 1.50 bits per heavy atom. The highest BCUT2D eigenvalue weighted by molar-refractivity contribution is 5.58. The Kier molecular flexibility index (Phi) is 1.86. The molecule has 1 N–H and O–H groups in total. The molecule has 1 aliphatic heterocycles. The van der Waals surface area contributed by atoms with Gasteiger partial charge in [-0.05, 0) is 12.1 Å². The van der Waals surface area contributed by atoms with Crippen molar-refractivity contribution in [1.29, 1.82) is 0 Å². The van der Waals surface area contributed by atoms with Crippen LogP contribution in [0, 0.1) is 0 Å². The largest absolute Gasteiger partial charge is 0.489 e. The fourth-order valence-electron chi connectivity index (χ4n) is 1.25. The van der Waals surface area contributed by atoms with Crippen LogP contribution in [0.4, 0.5) is 10.1 Å². The Hall–Kier alpha value is -1.25. The predicted molar refractivity (Wildman–Crippen MR) is 45.3 cm³/mol. The van der Waals surface area contributed by atoms with Crippen LogP contribution in [0.5, 0.6) is 5.75 Å². The third-order valence-corrected chi connectivity index (χ3v) is 1.87. The van der Waals surface area contributed by atoms with Crippen molar-refractivity contribution in [3.8, 4) is 5.75 Å². The molecule has 64 valence electrons. The zero-order valence-electron chi connectivity index (χ0n) is 6.59. The first-order valence-corrected chi connectivity index (χ1v) is 3.94. The van der Waals surface area contributed by atoms with E-state index in [1.165, 1.54) is 0 Å². The molecule has 1 aromatic rings. The molecule has 2 nitrogen and oxygen atoms in total. The minimum atomic E-state index is -0.395. The maximum absolute atomic E-state index is 12.2. The molecule has 0 aliphatic carbocycles. The number of hydrogen-bond donors (Lipinski definition) is 1. The molecule has 0 bridgehead atoms. The minimum absolute atomic E-state index is 0.195. The number of nitrogens with one attached hydrogen (secondary N) is 1. The third kappa shape index (κ3) is 1.22. The Balaban J connectivity index is 2.23. The Morgan fingerprint density at radius 3 is 3.17 bits per heavy atom. The van der Waals surface area contributed by atoms with Crippen molar-refractivity contribution in [1.82, 2.24) is 0 Å². The SMILES string of the molecule is FCC1COc2ccccc2N1. The standard InChI is InChI=1S/C9H10FNO/c10-5-7-6-12-9-4-2-1-3-8(9)11-7/h1-4,7,11H,5-6H2. The number of rotatable bonds is 1. The van der Waals surface area contributed by atoms with E-state index in [2.05, 4.69) is 5.32 Å². The summed E-state index contributed by atoms with van der Waals surface area (Å²) in [6.07, 6.45) is 0. The molecule has 0 saturated carbocycles. The van der Waals surface area contributed by atoms with Gasteiger partial charge in [0.25, 0.3) is 0 Å². The lowest BCUT2D eigenvalue weighted by Gasteiger charge is -2.25. The van der Waals surface area contributed by atoms with Crippen LogP contribution in [0.3, 0.4) is 0 Å². The van der Waals surface area contributed by atoms with Gasteiger partial charge in [0.1, 0.15) is 19.0 Å². The zero-order valence-corrected chi connectivity index (χ0v) is 6.59. The number of ether oxygens (including phenoxy) is 1. The summed E-state index contributed by atoms with van der Waals surface area (Å²) in [7, 11) is 0. The van der Waals surface area contributed by atoms with Gasteiger partial charge in [0.05, 0.1) is 11.7 Å². The normalized spacial score (nSPS) is 20.6. The van der Waals surface area contributed by atoms with Crippen LogP contribution < -0.4 is 10.1 Å². The molecule has 0 fully saturated rings. The summed E-state index contributed by atoms with van der Waals surface area (Å²) in [4.78, 5) is 0. The van der Waals surface area contributed by atoms with Crippen LogP contribution >= 0.6 is 0 Å². The third-order valence-electron chi connectivity index (χ3n) is 1.87. The van der Waals surface area contributed by atoms with E-state index in [9.17, 15) is 4.39 Å². The molecule has 1 aliphatic rings. The first-order chi connectivity index (χ1) is 5.90. The molecule has 0 radical (unpaired) electrons. The first kappa shape index (κ1) is 7.40. The van der Waals surface area contributed by atoms with Crippen molar-refractivity contribution < 1.29 is 9.13 Å². The van der Waals surface area contributed by atoms with Crippen molar-refractivity contribution in [2.45, 2.75) is 6.04 Å². The summed E-state index contributed by atoms with van der Waals surface area (Å²) < 4.78 is 17.6. The van der Waals surface area contributed by atoms with E-state index in [-0.39, 0.29) is 6.04 Å². The molecule has 1 heterocycles. The molecule has 1 atom stereocenters. The molecule has 12 heavy (non-hydrogen) atoms. The summed E-state index contributed by atoms with van der Waals surface area (Å²) in [5, 5.41) is 3.05. The van der Waals surface area contributed by atoms with Crippen molar-refractivity contribution in [2.75, 3.05) is 18.6 Å². The smallest absolute Gasteiger partial charge is 0.142 e. The van der Waals surface area contributed by atoms with Gasteiger partial charge in [0.15, 0.2) is 0 Å². The van der Waals surface area contributed by atoms with Gasteiger partial charge < -0.3 is 10.1 Å². The molecule has 2 rings (SSSR count). The average Bonchev–Trinajstić information content (AvgIpc) is 2.17. The summed E-state index contributed by atoms with van der Waals surface area (Å²) in [6, 6.07) is 7.36. The number of alkyl halides is 1. The molecule has 0 spiro atoms. The summed E-state index contributed by atoms with van der Waals surface area (Å²) in [5.74, 6) is 0.808. The van der Waals surface area contributed by atoms with Crippen LogP contribution in [0.25, 0.3) is 0 Å². The van der Waals surface area contributed by atoms with E-state index in [1.54, 1.807) is 0 Å². The summed E-state index contributed by atoms with van der Waals surface area (Å²) >= 11 is 0. The van der Waals surface area contributed by atoms with Gasteiger partial charge >= 0.3 is 0 Å². The van der Waals surface area contributed by atoms with Crippen molar-refractivity contribution in [2.24, 2.45) is 0 Å². The molecule has 1 aromatic carbocycles. The molecule has 0 amide bonds. The van der Waals surface area contributed by atoms with E-state index >= 15 is 0 Å². The second-order valence-corrected chi connectivity index (χ2v) is 2.80. The first-order valence-electron chi connectivity index (χ1n) is 3.94. The highest BCUT2D eigenvalue weighted by atomic mass is 19.1. The van der Waals surface area contributed by atoms with Gasteiger partial charge in [-0.1, -0.05) is 12.1 Å². The van der Waals surface area contributed by atoms with Gasteiger partial charge in [0.2, 0.25) is 0 Å². The number of fused-ring (bicyclic) bond motifs is 1. The molecule has 3 heteroatoms. The van der Waals surface area contributed by atoms with E-state index in [0.29, 0.717) is 6.61 Å². The van der Waals surface area contributed by atoms with Gasteiger partial charge in [-0.3, -0.25) is 0 Å². The van der Waals surface area contributed by atoms with Gasteiger partial charge in [-0.25, -0.2) is 4.39 Å². The molecular formula is C9H10FNO. The Labute approximate surface area is 70.3 Å². The van der Waals surface area contributed by atoms with E-state index in [4.69, 9.17) is 4.74 Å². The van der Waals surface area contributed by atoms with Gasteiger partial charge in [-0.15, -0.1) is 0 Å². The second kappa shape index (κ2) is 3.01. The lowest BCUT2D eigenvalue weighted by Crippen LogP contribution is -2.32. The highest BCUT2D eigenvalue weighted by Gasteiger charge is 2.17. The fourth-order valence-corrected chi connectivity index (χ4v) is 1.25. The van der Waals surface area contributed by atoms with Crippen molar-refractivity contribution in [3.05, 3.63) is 24.3 Å². The maximum atomic E-state index is 12.2. The molecule has 0 saturated heterocycles. The van der Waals surface area contributed by atoms with Crippen LogP contribution in [0.1, 0.15) is 0 Å². The Bertz CT molecular complexity index is 277. The molecule has 0 aromatic heterocycles. The van der Waals surface area contributed by atoms with Crippen molar-refractivity contribution >= 4 is 5.69 Å². The van der Waals surface area contributed by atoms with E-state index in [0.717, 1.165) is 11.4 Å². The Morgan fingerprint density at radius 2 is 2.33 bits per heavy atom. The number of hydrogen-bond acceptors (Lipinski definition) is 2. The zero-order chi connectivity index (χ0) is 8.39. The molecule has 1 unspecified atom stereocenters. The topological polar surface area (TPSA) is 21.3 Å².